The second kappa shape index (κ2) is 6.57. The number of nitrogens with one attached hydrogen (secondary N) is 1. The number of aromatic nitrogens is 1. The van der Waals surface area contributed by atoms with Gasteiger partial charge in [0, 0.05) is 29.4 Å². The van der Waals surface area contributed by atoms with Crippen molar-refractivity contribution in [1.82, 2.24) is 9.88 Å². The first-order valence-electron chi connectivity index (χ1n) is 7.28. The van der Waals surface area contributed by atoms with E-state index in [-0.39, 0.29) is 17.9 Å². The summed E-state index contributed by atoms with van der Waals surface area (Å²) in [6.45, 7) is 2.52. The molecule has 7 heteroatoms. The quantitative estimate of drug-likeness (QED) is 0.862. The van der Waals surface area contributed by atoms with Gasteiger partial charge < -0.3 is 10.2 Å². The molecular weight excluding hydrogens is 332 g/mol. The van der Waals surface area contributed by atoms with Crippen LogP contribution in [0.4, 0.5) is 5.13 Å². The van der Waals surface area contributed by atoms with Crippen LogP contribution >= 0.6 is 22.9 Å². The van der Waals surface area contributed by atoms with Gasteiger partial charge in [0.05, 0.1) is 10.8 Å². The summed E-state index contributed by atoms with van der Waals surface area (Å²) in [6, 6.07) is 7.45. The van der Waals surface area contributed by atoms with Crippen LogP contribution in [-0.4, -0.2) is 28.4 Å². The van der Waals surface area contributed by atoms with Gasteiger partial charge in [-0.1, -0.05) is 41.1 Å². The SMILES string of the molecule is CC1C(C(=O)Nc2ncc(-c3ccccc3Cl)s2)CCN1C#N. The fraction of sp³-hybridized carbons (Fsp3) is 0.312. The van der Waals surface area contributed by atoms with Gasteiger partial charge in [0.2, 0.25) is 5.91 Å². The van der Waals surface area contributed by atoms with Crippen molar-refractivity contribution in [3.05, 3.63) is 35.5 Å². The first-order chi connectivity index (χ1) is 11.1. The van der Waals surface area contributed by atoms with Crippen LogP contribution < -0.4 is 5.32 Å². The number of halogens is 1. The van der Waals surface area contributed by atoms with E-state index in [0.717, 1.165) is 10.4 Å². The summed E-state index contributed by atoms with van der Waals surface area (Å²) in [4.78, 5) is 19.2. The Hall–Kier alpha value is -2.10. The van der Waals surface area contributed by atoms with E-state index in [1.54, 1.807) is 11.1 Å². The number of thiazole rings is 1. The molecule has 1 aliphatic heterocycles. The van der Waals surface area contributed by atoms with E-state index in [1.807, 2.05) is 31.2 Å². The van der Waals surface area contributed by atoms with Crippen molar-refractivity contribution in [2.75, 3.05) is 11.9 Å². The molecule has 118 valence electrons. The zero-order valence-electron chi connectivity index (χ0n) is 12.5. The number of benzene rings is 1. The van der Waals surface area contributed by atoms with Gasteiger partial charge >= 0.3 is 0 Å². The third-order valence-electron chi connectivity index (χ3n) is 4.10. The molecule has 3 rings (SSSR count). The lowest BCUT2D eigenvalue weighted by molar-refractivity contribution is -0.120. The number of amides is 1. The van der Waals surface area contributed by atoms with E-state index < -0.39 is 0 Å². The molecule has 0 bridgehead atoms. The highest BCUT2D eigenvalue weighted by Crippen LogP contribution is 2.34. The number of likely N-dealkylation sites (tertiary alicyclic amines) is 1. The van der Waals surface area contributed by atoms with Gasteiger partial charge in [0.15, 0.2) is 11.3 Å². The van der Waals surface area contributed by atoms with Crippen LogP contribution in [0.15, 0.2) is 30.5 Å². The first-order valence-corrected chi connectivity index (χ1v) is 8.47. The minimum absolute atomic E-state index is 0.0806. The van der Waals surface area contributed by atoms with Gasteiger partial charge in [0.25, 0.3) is 0 Å². The van der Waals surface area contributed by atoms with Crippen LogP contribution in [0.3, 0.4) is 0 Å². The molecule has 1 amide bonds. The molecule has 5 nitrogen and oxygen atoms in total. The minimum atomic E-state index is -0.192. The third kappa shape index (κ3) is 3.16. The van der Waals surface area contributed by atoms with Crippen LogP contribution in [-0.2, 0) is 4.79 Å². The smallest absolute Gasteiger partial charge is 0.231 e. The molecule has 2 aromatic rings. The fourth-order valence-corrected chi connectivity index (χ4v) is 3.90. The van der Waals surface area contributed by atoms with Gasteiger partial charge in [-0.25, -0.2) is 4.98 Å². The maximum absolute atomic E-state index is 12.4. The summed E-state index contributed by atoms with van der Waals surface area (Å²) in [6.07, 6.45) is 4.51. The predicted octanol–water partition coefficient (Wildman–Crippen LogP) is 3.59. The van der Waals surface area contributed by atoms with Gasteiger partial charge in [-0.3, -0.25) is 4.79 Å². The number of anilines is 1. The number of carbonyl (C=O) groups excluding carboxylic acids is 1. The highest BCUT2D eigenvalue weighted by molar-refractivity contribution is 7.19. The lowest BCUT2D eigenvalue weighted by Crippen LogP contribution is -2.32. The van der Waals surface area contributed by atoms with Crippen molar-refractivity contribution in [1.29, 1.82) is 5.26 Å². The largest absolute Gasteiger partial charge is 0.307 e. The molecule has 1 aliphatic rings. The standard InChI is InChI=1S/C16H15ClN4OS/c1-10-11(6-7-21(10)9-18)15(22)20-16-19-8-14(23-16)12-4-2-3-5-13(12)17/h2-5,8,10-11H,6-7H2,1H3,(H,19,20,22). The summed E-state index contributed by atoms with van der Waals surface area (Å²) in [7, 11) is 0. The van der Waals surface area contributed by atoms with Crippen molar-refractivity contribution < 1.29 is 4.79 Å². The Morgan fingerprint density at radius 3 is 3.00 bits per heavy atom. The molecule has 1 aromatic heterocycles. The van der Waals surface area contributed by atoms with Crippen LogP contribution in [0, 0.1) is 17.4 Å². The van der Waals surface area contributed by atoms with E-state index in [4.69, 9.17) is 16.9 Å². The lowest BCUT2D eigenvalue weighted by Gasteiger charge is -2.18. The summed E-state index contributed by atoms with van der Waals surface area (Å²) < 4.78 is 0. The van der Waals surface area contributed by atoms with E-state index in [2.05, 4.69) is 16.5 Å². The molecule has 1 N–H and O–H groups in total. The minimum Gasteiger partial charge on any atom is -0.307 e. The molecule has 0 spiro atoms. The van der Waals surface area contributed by atoms with Crippen LogP contribution in [0.5, 0.6) is 0 Å². The number of hydrogen-bond acceptors (Lipinski definition) is 5. The average Bonchev–Trinajstić information content (AvgIpc) is 3.14. The van der Waals surface area contributed by atoms with E-state index >= 15 is 0 Å². The van der Waals surface area contributed by atoms with E-state index in [9.17, 15) is 4.79 Å². The highest BCUT2D eigenvalue weighted by Gasteiger charge is 2.35. The Morgan fingerprint density at radius 2 is 2.30 bits per heavy atom. The Bertz CT molecular complexity index is 769. The zero-order valence-corrected chi connectivity index (χ0v) is 14.1. The molecule has 1 aromatic carbocycles. The second-order valence-electron chi connectivity index (χ2n) is 5.43. The van der Waals surface area contributed by atoms with Crippen LogP contribution in [0.1, 0.15) is 13.3 Å². The fourth-order valence-electron chi connectivity index (χ4n) is 2.75. The van der Waals surface area contributed by atoms with Crippen molar-refractivity contribution in [3.63, 3.8) is 0 Å². The summed E-state index contributed by atoms with van der Waals surface area (Å²) >= 11 is 7.57. The number of hydrogen-bond donors (Lipinski definition) is 1. The monoisotopic (exact) mass is 346 g/mol. The average molecular weight is 347 g/mol. The maximum Gasteiger partial charge on any atom is 0.231 e. The topological polar surface area (TPSA) is 69.0 Å². The van der Waals surface area contributed by atoms with Crippen molar-refractivity contribution in [2.45, 2.75) is 19.4 Å². The summed E-state index contributed by atoms with van der Waals surface area (Å²) in [5.41, 5.74) is 0.900. The summed E-state index contributed by atoms with van der Waals surface area (Å²) in [5, 5.41) is 13.1. The number of carbonyl (C=O) groups is 1. The van der Waals surface area contributed by atoms with E-state index in [0.29, 0.717) is 23.1 Å². The van der Waals surface area contributed by atoms with Gasteiger partial charge in [-0.05, 0) is 19.4 Å². The maximum atomic E-state index is 12.4. The van der Waals surface area contributed by atoms with E-state index in [1.165, 1.54) is 11.3 Å². The molecule has 1 fully saturated rings. The molecule has 0 saturated carbocycles. The normalized spacial score (nSPS) is 20.3. The lowest BCUT2D eigenvalue weighted by atomic mass is 10.0. The molecule has 23 heavy (non-hydrogen) atoms. The van der Waals surface area contributed by atoms with Crippen molar-refractivity contribution >= 4 is 34.0 Å². The molecule has 2 unspecified atom stereocenters. The first kappa shape index (κ1) is 15.8. The highest BCUT2D eigenvalue weighted by atomic mass is 35.5. The van der Waals surface area contributed by atoms with Crippen LogP contribution in [0.25, 0.3) is 10.4 Å². The molecule has 0 aliphatic carbocycles. The van der Waals surface area contributed by atoms with Crippen molar-refractivity contribution in [2.24, 2.45) is 5.92 Å². The Morgan fingerprint density at radius 1 is 1.52 bits per heavy atom. The third-order valence-corrected chi connectivity index (χ3v) is 5.37. The van der Waals surface area contributed by atoms with Gasteiger partial charge in [-0.2, -0.15) is 5.26 Å². The van der Waals surface area contributed by atoms with Gasteiger partial charge in [0.1, 0.15) is 0 Å². The Labute approximate surface area is 143 Å². The molecular formula is C16H15ClN4OS. The number of nitriles is 1. The number of rotatable bonds is 3. The molecule has 2 heterocycles. The molecule has 2 atom stereocenters. The van der Waals surface area contributed by atoms with Crippen LogP contribution in [0.2, 0.25) is 5.02 Å². The Balaban J connectivity index is 1.72. The Kier molecular flexibility index (Phi) is 4.51. The zero-order chi connectivity index (χ0) is 16.4. The van der Waals surface area contributed by atoms with Gasteiger partial charge in [-0.15, -0.1) is 0 Å². The predicted molar refractivity (Wildman–Crippen MR) is 91.1 cm³/mol. The van der Waals surface area contributed by atoms with Crippen molar-refractivity contribution in [3.8, 4) is 16.6 Å². The summed E-state index contributed by atoms with van der Waals surface area (Å²) in [5.74, 6) is -0.280. The number of nitrogens with zero attached hydrogens (tertiary/aromatic N) is 3. The molecule has 1 saturated heterocycles. The molecule has 0 radical (unpaired) electrons. The second-order valence-corrected chi connectivity index (χ2v) is 6.87.